The number of aromatic carboxylic acids is 1. The van der Waals surface area contributed by atoms with E-state index in [0.717, 1.165) is 24.2 Å². The molecule has 0 fully saturated rings. The molecule has 0 radical (unpaired) electrons. The van der Waals surface area contributed by atoms with Crippen LogP contribution in [0.25, 0.3) is 0 Å². The van der Waals surface area contributed by atoms with E-state index in [1.54, 1.807) is 6.07 Å². The molecule has 0 aliphatic carbocycles. The highest BCUT2D eigenvalue weighted by Crippen LogP contribution is 2.23. The van der Waals surface area contributed by atoms with Crippen molar-refractivity contribution in [1.82, 2.24) is 4.98 Å². The second-order valence-electron chi connectivity index (χ2n) is 2.93. The first-order chi connectivity index (χ1) is 6.27. The topological polar surface area (TPSA) is 59.4 Å². The molecule has 0 unspecified atom stereocenters. The van der Waals surface area contributed by atoms with Gasteiger partial charge in [-0.15, -0.1) is 0 Å². The Bertz CT molecular complexity index is 349. The molecule has 0 atom stereocenters. The van der Waals surface area contributed by atoms with E-state index >= 15 is 0 Å². The molecule has 2 heterocycles. The van der Waals surface area contributed by atoms with Crippen molar-refractivity contribution in [3.8, 4) is 5.75 Å². The lowest BCUT2D eigenvalue weighted by Crippen LogP contribution is -2.10. The highest BCUT2D eigenvalue weighted by molar-refractivity contribution is 5.85. The molecule has 0 amide bonds. The van der Waals surface area contributed by atoms with Gasteiger partial charge in [-0.3, -0.25) is 0 Å². The van der Waals surface area contributed by atoms with Gasteiger partial charge in [-0.1, -0.05) is 0 Å². The van der Waals surface area contributed by atoms with Crippen molar-refractivity contribution < 1.29 is 14.6 Å². The Morgan fingerprint density at radius 2 is 2.46 bits per heavy atom. The first-order valence-electron chi connectivity index (χ1n) is 4.12. The minimum absolute atomic E-state index is 0.0873. The Morgan fingerprint density at radius 1 is 1.62 bits per heavy atom. The molecule has 0 spiro atoms. The van der Waals surface area contributed by atoms with Crippen LogP contribution in [0, 0.1) is 0 Å². The summed E-state index contributed by atoms with van der Waals surface area (Å²) >= 11 is 0. The number of hydrogen-bond donors (Lipinski definition) is 1. The number of carboxylic acids is 1. The van der Waals surface area contributed by atoms with Crippen LogP contribution >= 0.6 is 0 Å². The fraction of sp³-hybridized carbons (Fsp3) is 0.333. The minimum Gasteiger partial charge on any atom is -0.492 e. The fourth-order valence-corrected chi connectivity index (χ4v) is 1.37. The van der Waals surface area contributed by atoms with Gasteiger partial charge in [0.15, 0.2) is 0 Å². The lowest BCUT2D eigenvalue weighted by molar-refractivity contribution is 0.0690. The van der Waals surface area contributed by atoms with E-state index in [9.17, 15) is 4.79 Å². The van der Waals surface area contributed by atoms with E-state index in [4.69, 9.17) is 9.84 Å². The summed E-state index contributed by atoms with van der Waals surface area (Å²) in [5.74, 6) is -0.273. The van der Waals surface area contributed by atoms with Crippen molar-refractivity contribution in [2.45, 2.75) is 12.8 Å². The van der Waals surface area contributed by atoms with E-state index in [1.165, 1.54) is 6.20 Å². The number of nitrogens with zero attached hydrogens (tertiary/aromatic N) is 1. The van der Waals surface area contributed by atoms with Gasteiger partial charge in [0, 0.05) is 0 Å². The van der Waals surface area contributed by atoms with Gasteiger partial charge in [0.1, 0.15) is 11.4 Å². The number of carboxylic acid groups (broad SMARTS) is 1. The van der Waals surface area contributed by atoms with Gasteiger partial charge >= 0.3 is 5.97 Å². The zero-order chi connectivity index (χ0) is 9.26. The predicted octanol–water partition coefficient (Wildman–Crippen LogP) is 1.10. The lowest BCUT2D eigenvalue weighted by atomic mass is 10.1. The average molecular weight is 179 g/mol. The van der Waals surface area contributed by atoms with E-state index in [-0.39, 0.29) is 5.69 Å². The molecular formula is C9H9NO3. The van der Waals surface area contributed by atoms with Gasteiger partial charge in [-0.2, -0.15) is 0 Å². The van der Waals surface area contributed by atoms with Crippen LogP contribution in [-0.2, 0) is 6.42 Å². The van der Waals surface area contributed by atoms with Crippen LogP contribution in [0.2, 0.25) is 0 Å². The maximum Gasteiger partial charge on any atom is 0.354 e. The summed E-state index contributed by atoms with van der Waals surface area (Å²) in [6.07, 6.45) is 3.30. The molecule has 1 aliphatic rings. The summed E-state index contributed by atoms with van der Waals surface area (Å²) in [5, 5.41) is 8.68. The summed E-state index contributed by atoms with van der Waals surface area (Å²) in [6.45, 7) is 0.696. The zero-order valence-corrected chi connectivity index (χ0v) is 6.99. The summed E-state index contributed by atoms with van der Waals surface area (Å²) in [5.41, 5.74) is 1.03. The molecule has 13 heavy (non-hydrogen) atoms. The van der Waals surface area contributed by atoms with Crippen molar-refractivity contribution in [2.75, 3.05) is 6.61 Å². The van der Waals surface area contributed by atoms with E-state index in [0.29, 0.717) is 6.61 Å². The van der Waals surface area contributed by atoms with Gasteiger partial charge in [0.05, 0.1) is 12.8 Å². The summed E-state index contributed by atoms with van der Waals surface area (Å²) in [6, 6.07) is 1.58. The van der Waals surface area contributed by atoms with Gasteiger partial charge in [-0.25, -0.2) is 9.78 Å². The number of hydrogen-bond acceptors (Lipinski definition) is 3. The van der Waals surface area contributed by atoms with E-state index in [2.05, 4.69) is 4.98 Å². The van der Waals surface area contributed by atoms with Crippen LogP contribution in [0.1, 0.15) is 22.5 Å². The lowest BCUT2D eigenvalue weighted by Gasteiger charge is -2.16. The van der Waals surface area contributed by atoms with Gasteiger partial charge in [-0.05, 0) is 24.5 Å². The highest BCUT2D eigenvalue weighted by Gasteiger charge is 2.13. The summed E-state index contributed by atoms with van der Waals surface area (Å²) in [4.78, 5) is 14.4. The standard InChI is InChI=1S/C9H9NO3/c11-9(12)7-4-6-2-1-3-13-8(6)5-10-7/h4-5H,1-3H2,(H,11,12). The van der Waals surface area contributed by atoms with Crippen molar-refractivity contribution in [3.63, 3.8) is 0 Å². The zero-order valence-electron chi connectivity index (χ0n) is 6.99. The SMILES string of the molecule is O=C(O)c1cc2c(cn1)OCCC2. The van der Waals surface area contributed by atoms with Crippen LogP contribution in [0.15, 0.2) is 12.3 Å². The number of rotatable bonds is 1. The molecule has 1 aliphatic heterocycles. The summed E-state index contributed by atoms with van der Waals surface area (Å²) < 4.78 is 5.30. The molecule has 4 heteroatoms. The molecule has 68 valence electrons. The smallest absolute Gasteiger partial charge is 0.354 e. The van der Waals surface area contributed by atoms with Crippen molar-refractivity contribution in [1.29, 1.82) is 0 Å². The maximum atomic E-state index is 10.6. The second-order valence-corrected chi connectivity index (χ2v) is 2.93. The third-order valence-electron chi connectivity index (χ3n) is 2.02. The molecule has 2 rings (SSSR count). The summed E-state index contributed by atoms with van der Waals surface area (Å²) in [7, 11) is 0. The first-order valence-corrected chi connectivity index (χ1v) is 4.12. The Morgan fingerprint density at radius 3 is 3.23 bits per heavy atom. The van der Waals surface area contributed by atoms with Crippen LogP contribution < -0.4 is 4.74 Å². The maximum absolute atomic E-state index is 10.6. The van der Waals surface area contributed by atoms with Crippen molar-refractivity contribution in [3.05, 3.63) is 23.5 Å². The molecule has 0 bridgehead atoms. The normalized spacial score (nSPS) is 14.5. The molecule has 1 aromatic rings. The molecule has 0 saturated heterocycles. The van der Waals surface area contributed by atoms with Gasteiger partial charge < -0.3 is 9.84 Å². The van der Waals surface area contributed by atoms with Crippen LogP contribution in [0.4, 0.5) is 0 Å². The third kappa shape index (κ3) is 1.47. The molecule has 1 aromatic heterocycles. The monoisotopic (exact) mass is 179 g/mol. The molecule has 4 nitrogen and oxygen atoms in total. The number of carbonyl (C=O) groups is 1. The fourth-order valence-electron chi connectivity index (χ4n) is 1.37. The van der Waals surface area contributed by atoms with Crippen molar-refractivity contribution >= 4 is 5.97 Å². The Kier molecular flexibility index (Phi) is 1.88. The first kappa shape index (κ1) is 8.04. The molecule has 1 N–H and O–H groups in total. The number of aromatic nitrogens is 1. The van der Waals surface area contributed by atoms with Gasteiger partial charge in [0.2, 0.25) is 0 Å². The quantitative estimate of drug-likeness (QED) is 0.701. The number of ether oxygens (including phenoxy) is 1. The number of pyridine rings is 1. The highest BCUT2D eigenvalue weighted by atomic mass is 16.5. The Labute approximate surface area is 75.2 Å². The molecule has 0 saturated carbocycles. The van der Waals surface area contributed by atoms with Crippen LogP contribution in [0.3, 0.4) is 0 Å². The van der Waals surface area contributed by atoms with E-state index in [1.807, 2.05) is 0 Å². The largest absolute Gasteiger partial charge is 0.492 e. The van der Waals surface area contributed by atoms with Crippen LogP contribution in [0.5, 0.6) is 5.75 Å². The van der Waals surface area contributed by atoms with E-state index < -0.39 is 5.97 Å². The number of aryl methyl sites for hydroxylation is 1. The van der Waals surface area contributed by atoms with Crippen molar-refractivity contribution in [2.24, 2.45) is 0 Å². The molecule has 0 aromatic carbocycles. The average Bonchev–Trinajstić information content (AvgIpc) is 2.17. The Hall–Kier alpha value is -1.58. The van der Waals surface area contributed by atoms with Gasteiger partial charge in [0.25, 0.3) is 0 Å². The third-order valence-corrected chi connectivity index (χ3v) is 2.02. The molecular weight excluding hydrogens is 170 g/mol. The minimum atomic E-state index is -0.992. The number of fused-ring (bicyclic) bond motifs is 1. The predicted molar refractivity (Wildman–Crippen MR) is 45.0 cm³/mol. The van der Waals surface area contributed by atoms with Crippen LogP contribution in [-0.4, -0.2) is 22.7 Å². The Balaban J connectivity index is 2.40. The second kappa shape index (κ2) is 3.05.